The van der Waals surface area contributed by atoms with Gasteiger partial charge in [-0.3, -0.25) is 0 Å². The number of carboxylic acids is 1. The molecule has 8 heteroatoms. The van der Waals surface area contributed by atoms with Gasteiger partial charge in [0.05, 0.1) is 6.21 Å². The van der Waals surface area contributed by atoms with Crippen molar-refractivity contribution >= 4 is 18.3 Å². The molecular weight excluding hydrogens is 278 g/mol. The van der Waals surface area contributed by atoms with Gasteiger partial charge in [0.2, 0.25) is 0 Å². The lowest BCUT2D eigenvalue weighted by Gasteiger charge is -2.22. The molecule has 0 saturated heterocycles. The summed E-state index contributed by atoms with van der Waals surface area (Å²) >= 11 is 0. The number of aliphatic carboxylic acids is 1. The summed E-state index contributed by atoms with van der Waals surface area (Å²) in [6.45, 7) is 6.26. The third-order valence-electron chi connectivity index (χ3n) is 2.40. The van der Waals surface area contributed by atoms with Crippen LogP contribution in [0.25, 0.3) is 0 Å². The second kappa shape index (κ2) is 9.98. The van der Waals surface area contributed by atoms with E-state index in [4.69, 9.17) is 15.1 Å². The number of carbonyl (C=O) groups excluding carboxylic acids is 1. The van der Waals surface area contributed by atoms with Gasteiger partial charge < -0.3 is 25.7 Å². The van der Waals surface area contributed by atoms with E-state index in [-0.39, 0.29) is 0 Å². The smallest absolute Gasteiger partial charge is 0.408 e. The van der Waals surface area contributed by atoms with Crippen molar-refractivity contribution in [3.05, 3.63) is 0 Å². The third kappa shape index (κ3) is 11.7. The average molecular weight is 303 g/mol. The first-order valence-electron chi connectivity index (χ1n) is 6.85. The molecule has 122 valence electrons. The predicted octanol–water partition coefficient (Wildman–Crippen LogP) is 1.18. The standard InChI is InChI=1S/C13H25N3O5/c1-13(2,3)21-12(19)16-10(11(17)18)6-4-5-7-14-8-9-15-20/h9-10,14,20H,4-8H2,1-3H3,(H,16,19)(H,17,18). The Balaban J connectivity index is 3.98. The van der Waals surface area contributed by atoms with Crippen molar-refractivity contribution in [2.45, 2.75) is 51.7 Å². The molecule has 0 spiro atoms. The molecule has 0 aliphatic rings. The van der Waals surface area contributed by atoms with Gasteiger partial charge in [-0.25, -0.2) is 9.59 Å². The van der Waals surface area contributed by atoms with Crippen LogP contribution in [-0.4, -0.2) is 53.3 Å². The highest BCUT2D eigenvalue weighted by Crippen LogP contribution is 2.08. The maximum absolute atomic E-state index is 11.5. The lowest BCUT2D eigenvalue weighted by Crippen LogP contribution is -2.43. The number of carbonyl (C=O) groups is 2. The average Bonchev–Trinajstić information content (AvgIpc) is 2.33. The van der Waals surface area contributed by atoms with Crippen molar-refractivity contribution in [2.75, 3.05) is 13.1 Å². The highest BCUT2D eigenvalue weighted by molar-refractivity contribution is 5.79. The van der Waals surface area contributed by atoms with Gasteiger partial charge in [-0.1, -0.05) is 0 Å². The minimum absolute atomic E-state index is 0.324. The van der Waals surface area contributed by atoms with E-state index >= 15 is 0 Å². The molecule has 0 aromatic rings. The number of nitrogens with one attached hydrogen (secondary N) is 2. The molecule has 0 aliphatic heterocycles. The molecule has 0 aliphatic carbocycles. The van der Waals surface area contributed by atoms with Gasteiger partial charge in [0.1, 0.15) is 11.6 Å². The molecule has 0 aromatic carbocycles. The first-order valence-corrected chi connectivity index (χ1v) is 6.85. The summed E-state index contributed by atoms with van der Waals surface area (Å²) in [4.78, 5) is 22.6. The number of carboxylic acid groups (broad SMARTS) is 1. The molecule has 21 heavy (non-hydrogen) atoms. The van der Waals surface area contributed by atoms with Crippen molar-refractivity contribution in [1.29, 1.82) is 0 Å². The van der Waals surface area contributed by atoms with E-state index in [9.17, 15) is 9.59 Å². The fourth-order valence-electron chi connectivity index (χ4n) is 1.51. The zero-order valence-electron chi connectivity index (χ0n) is 12.8. The second-order valence-electron chi connectivity index (χ2n) is 5.54. The summed E-state index contributed by atoms with van der Waals surface area (Å²) in [7, 11) is 0. The number of rotatable bonds is 9. The van der Waals surface area contributed by atoms with E-state index in [2.05, 4.69) is 15.8 Å². The summed E-state index contributed by atoms with van der Waals surface area (Å²) in [6.07, 6.45) is 2.30. The summed E-state index contributed by atoms with van der Waals surface area (Å²) in [5.74, 6) is -1.08. The van der Waals surface area contributed by atoms with Gasteiger partial charge in [-0.2, -0.15) is 0 Å². The highest BCUT2D eigenvalue weighted by atomic mass is 16.6. The summed E-state index contributed by atoms with van der Waals surface area (Å²) in [6, 6.07) is -0.959. The molecule has 1 atom stereocenters. The fraction of sp³-hybridized carbons (Fsp3) is 0.769. The Bertz CT molecular complexity index is 352. The lowest BCUT2D eigenvalue weighted by atomic mass is 10.1. The third-order valence-corrected chi connectivity index (χ3v) is 2.40. The van der Waals surface area contributed by atoms with Crippen molar-refractivity contribution in [1.82, 2.24) is 10.6 Å². The maximum atomic E-state index is 11.5. The van der Waals surface area contributed by atoms with Gasteiger partial charge in [0.15, 0.2) is 0 Å². The van der Waals surface area contributed by atoms with Crippen molar-refractivity contribution in [3.63, 3.8) is 0 Å². The number of unbranched alkanes of at least 4 members (excludes halogenated alkanes) is 1. The Morgan fingerprint density at radius 1 is 1.33 bits per heavy atom. The monoisotopic (exact) mass is 303 g/mol. The molecule has 0 rings (SSSR count). The summed E-state index contributed by atoms with van der Waals surface area (Å²) in [5.41, 5.74) is -0.661. The Morgan fingerprint density at radius 2 is 2.00 bits per heavy atom. The minimum Gasteiger partial charge on any atom is -0.480 e. The van der Waals surface area contributed by atoms with Gasteiger partial charge >= 0.3 is 12.1 Å². The van der Waals surface area contributed by atoms with Crippen LogP contribution in [-0.2, 0) is 9.53 Å². The molecule has 0 saturated carbocycles. The van der Waals surface area contributed by atoms with Crippen LogP contribution in [0.2, 0.25) is 0 Å². The van der Waals surface area contributed by atoms with Crippen LogP contribution < -0.4 is 10.6 Å². The van der Waals surface area contributed by atoms with Gasteiger partial charge in [0, 0.05) is 6.54 Å². The van der Waals surface area contributed by atoms with E-state index in [1.54, 1.807) is 20.8 Å². The van der Waals surface area contributed by atoms with Crippen LogP contribution >= 0.6 is 0 Å². The van der Waals surface area contributed by atoms with E-state index in [0.29, 0.717) is 25.9 Å². The number of hydrogen-bond acceptors (Lipinski definition) is 6. The van der Waals surface area contributed by atoms with E-state index in [1.165, 1.54) is 6.21 Å². The van der Waals surface area contributed by atoms with E-state index < -0.39 is 23.7 Å². The first-order chi connectivity index (χ1) is 9.76. The highest BCUT2D eigenvalue weighted by Gasteiger charge is 2.23. The maximum Gasteiger partial charge on any atom is 0.408 e. The number of ether oxygens (including phenoxy) is 1. The topological polar surface area (TPSA) is 120 Å². The number of oxime groups is 1. The summed E-state index contributed by atoms with van der Waals surface area (Å²) in [5, 5.41) is 25.4. The Morgan fingerprint density at radius 3 is 2.52 bits per heavy atom. The van der Waals surface area contributed by atoms with Gasteiger partial charge in [0.25, 0.3) is 0 Å². The SMILES string of the molecule is CC(C)(C)OC(=O)NC(CCCCNCC=NO)C(=O)O. The van der Waals surface area contributed by atoms with Gasteiger partial charge in [-0.05, 0) is 46.6 Å². The largest absolute Gasteiger partial charge is 0.480 e. The van der Waals surface area contributed by atoms with Crippen LogP contribution in [0.15, 0.2) is 5.16 Å². The molecule has 1 amide bonds. The fourth-order valence-corrected chi connectivity index (χ4v) is 1.51. The molecule has 1 unspecified atom stereocenters. The Hall–Kier alpha value is -1.83. The van der Waals surface area contributed by atoms with Crippen LogP contribution in [0.4, 0.5) is 4.79 Å². The van der Waals surface area contributed by atoms with Gasteiger partial charge in [-0.15, -0.1) is 5.16 Å². The number of alkyl carbamates (subject to hydrolysis) is 1. The van der Waals surface area contributed by atoms with E-state index in [0.717, 1.165) is 6.42 Å². The molecular formula is C13H25N3O5. The number of nitrogens with zero attached hydrogens (tertiary/aromatic N) is 1. The molecule has 0 radical (unpaired) electrons. The summed E-state index contributed by atoms with van der Waals surface area (Å²) < 4.78 is 5.03. The number of hydrogen-bond donors (Lipinski definition) is 4. The molecule has 0 aromatic heterocycles. The normalized spacial score (nSPS) is 13.1. The molecule has 4 N–H and O–H groups in total. The molecule has 8 nitrogen and oxygen atoms in total. The van der Waals surface area contributed by atoms with Crippen LogP contribution in [0, 0.1) is 0 Å². The number of amides is 1. The van der Waals surface area contributed by atoms with Crippen LogP contribution in [0.3, 0.4) is 0 Å². The quantitative estimate of drug-likeness (QED) is 0.220. The Labute approximate surface area is 124 Å². The van der Waals surface area contributed by atoms with Crippen molar-refractivity contribution in [2.24, 2.45) is 5.16 Å². The first kappa shape index (κ1) is 19.2. The minimum atomic E-state index is -1.08. The predicted molar refractivity (Wildman–Crippen MR) is 77.8 cm³/mol. The van der Waals surface area contributed by atoms with Crippen LogP contribution in [0.5, 0.6) is 0 Å². The van der Waals surface area contributed by atoms with Crippen molar-refractivity contribution < 1.29 is 24.6 Å². The van der Waals surface area contributed by atoms with Crippen LogP contribution in [0.1, 0.15) is 40.0 Å². The molecule has 0 heterocycles. The Kier molecular flexibility index (Phi) is 9.11. The van der Waals surface area contributed by atoms with E-state index in [1.807, 2.05) is 0 Å². The zero-order valence-corrected chi connectivity index (χ0v) is 12.8. The lowest BCUT2D eigenvalue weighted by molar-refractivity contribution is -0.139. The molecule has 0 bridgehead atoms. The second-order valence-corrected chi connectivity index (χ2v) is 5.54. The van der Waals surface area contributed by atoms with Crippen molar-refractivity contribution in [3.8, 4) is 0 Å². The molecule has 0 fully saturated rings. The zero-order chi connectivity index (χ0) is 16.3.